The second-order valence-corrected chi connectivity index (χ2v) is 7.21. The Kier molecular flexibility index (Phi) is 7.05. The van der Waals surface area contributed by atoms with E-state index in [4.69, 9.17) is 15.2 Å². The molecule has 8 heteroatoms. The first-order chi connectivity index (χ1) is 15.2. The molecular weight excluding hydrogens is 421 g/mol. The molecule has 5 nitrogen and oxygen atoms in total. The van der Waals surface area contributed by atoms with Gasteiger partial charge in [-0.15, -0.1) is 0 Å². The molecule has 1 atom stereocenters. The van der Waals surface area contributed by atoms with Crippen LogP contribution >= 0.6 is 0 Å². The minimum absolute atomic E-state index is 0.0242. The molecule has 32 heavy (non-hydrogen) atoms. The van der Waals surface area contributed by atoms with Gasteiger partial charge in [-0.3, -0.25) is 4.99 Å². The molecule has 0 aliphatic rings. The summed E-state index contributed by atoms with van der Waals surface area (Å²) in [5, 5.41) is 9.54. The molecule has 0 radical (unpaired) electrons. The maximum absolute atomic E-state index is 13.8. The van der Waals surface area contributed by atoms with Gasteiger partial charge in [0.05, 0.1) is 11.7 Å². The van der Waals surface area contributed by atoms with Crippen LogP contribution in [0.15, 0.2) is 65.7 Å². The van der Waals surface area contributed by atoms with E-state index in [1.54, 1.807) is 56.4 Å². The zero-order chi connectivity index (χ0) is 23.3. The molecule has 0 spiro atoms. The lowest BCUT2D eigenvalue weighted by molar-refractivity contribution is -0.138. The number of hydrogen-bond acceptors (Lipinski definition) is 5. The third-order valence-corrected chi connectivity index (χ3v) is 4.50. The summed E-state index contributed by atoms with van der Waals surface area (Å²) in [6.45, 7) is 1.63. The van der Waals surface area contributed by atoms with Crippen molar-refractivity contribution in [3.05, 3.63) is 77.4 Å². The molecule has 0 saturated carbocycles. The highest BCUT2D eigenvalue weighted by Crippen LogP contribution is 2.41. The topological polar surface area (TPSA) is 77.1 Å². The predicted molar refractivity (Wildman–Crippen MR) is 118 cm³/mol. The van der Waals surface area contributed by atoms with Crippen molar-refractivity contribution in [3.8, 4) is 23.0 Å². The first-order valence-electron chi connectivity index (χ1n) is 9.82. The van der Waals surface area contributed by atoms with E-state index in [1.165, 1.54) is 18.3 Å². The van der Waals surface area contributed by atoms with E-state index in [9.17, 15) is 18.3 Å². The molecule has 1 unspecified atom stereocenters. The van der Waals surface area contributed by atoms with Crippen molar-refractivity contribution in [2.45, 2.75) is 25.6 Å². The van der Waals surface area contributed by atoms with Crippen LogP contribution in [0.3, 0.4) is 0 Å². The fraction of sp³-hybridized carbons (Fsp3) is 0.208. The fourth-order valence-electron chi connectivity index (χ4n) is 3.13. The monoisotopic (exact) mass is 444 g/mol. The maximum atomic E-state index is 13.8. The minimum atomic E-state index is -4.67. The predicted octanol–water partition coefficient (Wildman–Crippen LogP) is 5.84. The van der Waals surface area contributed by atoms with E-state index in [0.717, 1.165) is 11.6 Å². The molecule has 0 fully saturated rings. The second-order valence-electron chi connectivity index (χ2n) is 7.21. The summed E-state index contributed by atoms with van der Waals surface area (Å²) in [7, 11) is 1.56. The van der Waals surface area contributed by atoms with Gasteiger partial charge in [0.2, 0.25) is 0 Å². The minimum Gasteiger partial charge on any atom is -0.457 e. The largest absolute Gasteiger partial charge is 0.457 e. The quantitative estimate of drug-likeness (QED) is 0.354. The SMILES string of the molecule is CN=Cc1c(N)cccc1Oc1ccc(Oc2cccc(CC(C)O)c2)c(C(F)(F)F)c1. The van der Waals surface area contributed by atoms with Crippen LogP contribution in [-0.4, -0.2) is 24.5 Å². The number of halogens is 3. The van der Waals surface area contributed by atoms with Crippen LogP contribution in [0, 0.1) is 0 Å². The highest BCUT2D eigenvalue weighted by atomic mass is 19.4. The summed E-state index contributed by atoms with van der Waals surface area (Å²) < 4.78 is 52.6. The molecule has 0 aliphatic heterocycles. The normalized spacial score (nSPS) is 12.7. The van der Waals surface area contributed by atoms with Gasteiger partial charge in [0.15, 0.2) is 0 Å². The average Bonchev–Trinajstić information content (AvgIpc) is 2.71. The van der Waals surface area contributed by atoms with Gasteiger partial charge in [0, 0.05) is 18.9 Å². The maximum Gasteiger partial charge on any atom is 0.420 e. The number of nitrogen functional groups attached to an aromatic ring is 1. The molecule has 3 rings (SSSR count). The van der Waals surface area contributed by atoms with Crippen molar-refractivity contribution in [2.75, 3.05) is 12.8 Å². The summed E-state index contributed by atoms with van der Waals surface area (Å²) in [6.07, 6.45) is -3.41. The number of aliphatic imine (C=N–C) groups is 1. The van der Waals surface area contributed by atoms with E-state index < -0.39 is 17.8 Å². The Morgan fingerprint density at radius 1 is 1.00 bits per heavy atom. The Bertz CT molecular complexity index is 1110. The first-order valence-corrected chi connectivity index (χ1v) is 9.82. The summed E-state index contributed by atoms with van der Waals surface area (Å²) in [5.41, 5.74) is 6.55. The van der Waals surface area contributed by atoms with Gasteiger partial charge in [0.25, 0.3) is 0 Å². The molecule has 0 saturated heterocycles. The lowest BCUT2D eigenvalue weighted by atomic mass is 10.1. The molecule has 3 aromatic carbocycles. The number of aliphatic hydroxyl groups is 1. The Morgan fingerprint density at radius 3 is 2.38 bits per heavy atom. The standard InChI is InChI=1S/C24H23F3N2O3/c1-15(30)11-16-5-3-6-17(12-16)32-23-10-9-18(13-20(23)24(25,26)27)31-22-8-4-7-21(28)19(22)14-29-2/h3-10,12-15,30H,11,28H2,1-2H3. The molecule has 3 aromatic rings. The van der Waals surface area contributed by atoms with Gasteiger partial charge < -0.3 is 20.3 Å². The lowest BCUT2D eigenvalue weighted by Gasteiger charge is -2.17. The van der Waals surface area contributed by atoms with Crippen molar-refractivity contribution in [3.63, 3.8) is 0 Å². The number of anilines is 1. The molecular formula is C24H23F3N2O3. The third kappa shape index (κ3) is 5.79. The average molecular weight is 444 g/mol. The summed E-state index contributed by atoms with van der Waals surface area (Å²) in [4.78, 5) is 3.91. The first kappa shape index (κ1) is 23.1. The molecule has 0 amide bonds. The van der Waals surface area contributed by atoms with Crippen molar-refractivity contribution in [1.82, 2.24) is 0 Å². The Labute approximate surface area is 183 Å². The smallest absolute Gasteiger partial charge is 0.420 e. The van der Waals surface area contributed by atoms with Crippen LogP contribution in [0.2, 0.25) is 0 Å². The van der Waals surface area contributed by atoms with E-state index in [2.05, 4.69) is 4.99 Å². The third-order valence-electron chi connectivity index (χ3n) is 4.50. The molecule has 0 aromatic heterocycles. The van der Waals surface area contributed by atoms with Crippen molar-refractivity contribution in [2.24, 2.45) is 4.99 Å². The van der Waals surface area contributed by atoms with Crippen LogP contribution in [0.1, 0.15) is 23.6 Å². The zero-order valence-corrected chi connectivity index (χ0v) is 17.6. The van der Waals surface area contributed by atoms with Crippen molar-refractivity contribution >= 4 is 11.9 Å². The highest BCUT2D eigenvalue weighted by molar-refractivity contribution is 5.90. The zero-order valence-electron chi connectivity index (χ0n) is 17.6. The van der Waals surface area contributed by atoms with Gasteiger partial charge >= 0.3 is 6.18 Å². The van der Waals surface area contributed by atoms with Crippen LogP contribution < -0.4 is 15.2 Å². The van der Waals surface area contributed by atoms with Crippen LogP contribution in [-0.2, 0) is 12.6 Å². The number of benzene rings is 3. The summed E-state index contributed by atoms with van der Waals surface area (Å²) in [6, 6.07) is 14.9. The highest BCUT2D eigenvalue weighted by Gasteiger charge is 2.35. The number of hydrogen-bond donors (Lipinski definition) is 2. The summed E-state index contributed by atoms with van der Waals surface area (Å²) >= 11 is 0. The van der Waals surface area contributed by atoms with E-state index in [1.807, 2.05) is 0 Å². The number of ether oxygens (including phenoxy) is 2. The fourth-order valence-corrected chi connectivity index (χ4v) is 3.13. The molecule has 0 bridgehead atoms. The Hall–Kier alpha value is -3.52. The van der Waals surface area contributed by atoms with Crippen LogP contribution in [0.25, 0.3) is 0 Å². The Morgan fingerprint density at radius 2 is 1.69 bits per heavy atom. The Balaban J connectivity index is 1.94. The van der Waals surface area contributed by atoms with Crippen LogP contribution in [0.4, 0.5) is 18.9 Å². The molecule has 168 valence electrons. The number of aliphatic hydroxyl groups excluding tert-OH is 1. The number of nitrogens with two attached hydrogens (primary N) is 1. The van der Waals surface area contributed by atoms with Crippen LogP contribution in [0.5, 0.6) is 23.0 Å². The molecule has 0 heterocycles. The van der Waals surface area contributed by atoms with Crippen molar-refractivity contribution < 1.29 is 27.8 Å². The lowest BCUT2D eigenvalue weighted by Crippen LogP contribution is -2.08. The van der Waals surface area contributed by atoms with E-state index in [-0.39, 0.29) is 23.0 Å². The summed E-state index contributed by atoms with van der Waals surface area (Å²) in [5.74, 6) is 0.133. The number of nitrogens with zero attached hydrogens (tertiary/aromatic N) is 1. The molecule has 3 N–H and O–H groups in total. The number of rotatable bonds is 7. The van der Waals surface area contributed by atoms with Crippen molar-refractivity contribution in [1.29, 1.82) is 0 Å². The van der Waals surface area contributed by atoms with Gasteiger partial charge in [0.1, 0.15) is 28.6 Å². The van der Waals surface area contributed by atoms with Gasteiger partial charge in [-0.25, -0.2) is 0 Å². The molecule has 0 aliphatic carbocycles. The van der Waals surface area contributed by atoms with Gasteiger partial charge in [-0.05, 0) is 61.4 Å². The number of alkyl halides is 3. The van der Waals surface area contributed by atoms with E-state index >= 15 is 0 Å². The second kappa shape index (κ2) is 9.74. The van der Waals surface area contributed by atoms with Gasteiger partial charge in [-0.2, -0.15) is 13.2 Å². The van der Waals surface area contributed by atoms with E-state index in [0.29, 0.717) is 17.7 Å². The van der Waals surface area contributed by atoms with Gasteiger partial charge in [-0.1, -0.05) is 18.2 Å².